The van der Waals surface area contributed by atoms with E-state index < -0.39 is 69.0 Å². The topological polar surface area (TPSA) is 0 Å². The molecule has 0 unspecified atom stereocenters. The van der Waals surface area contributed by atoms with E-state index >= 15 is 0 Å². The van der Waals surface area contributed by atoms with Crippen molar-refractivity contribution in [2.75, 3.05) is 0 Å². The summed E-state index contributed by atoms with van der Waals surface area (Å²) in [6.45, 7) is 0. The highest BCUT2D eigenvalue weighted by Crippen LogP contribution is 2.39. The van der Waals surface area contributed by atoms with Crippen molar-refractivity contribution in [3.63, 3.8) is 0 Å². The van der Waals surface area contributed by atoms with E-state index in [4.69, 9.17) is 0 Å². The van der Waals surface area contributed by atoms with Crippen molar-refractivity contribution in [1.29, 1.82) is 0 Å². The van der Waals surface area contributed by atoms with E-state index in [9.17, 15) is 43.9 Å². The third-order valence-corrected chi connectivity index (χ3v) is 4.27. The Morgan fingerprint density at radius 2 is 0.633 bits per heavy atom. The molecule has 0 saturated heterocycles. The van der Waals surface area contributed by atoms with Gasteiger partial charge < -0.3 is 0 Å². The van der Waals surface area contributed by atoms with Crippen LogP contribution in [0.25, 0.3) is 22.3 Å². The minimum absolute atomic E-state index is 0.480. The number of benzene rings is 3. The molecule has 0 aromatic heterocycles. The molecule has 0 aliphatic rings. The van der Waals surface area contributed by atoms with Crippen LogP contribution in [-0.2, 0) is 12.4 Å². The van der Waals surface area contributed by atoms with Gasteiger partial charge in [-0.15, -0.1) is 0 Å². The van der Waals surface area contributed by atoms with Gasteiger partial charge in [-0.25, -0.2) is 17.6 Å². The molecule has 0 nitrogen and oxygen atoms in total. The highest BCUT2D eigenvalue weighted by molar-refractivity contribution is 5.73. The van der Waals surface area contributed by atoms with Crippen molar-refractivity contribution < 1.29 is 43.9 Å². The van der Waals surface area contributed by atoms with Crippen molar-refractivity contribution in [3.8, 4) is 22.3 Å². The van der Waals surface area contributed by atoms with E-state index in [1.165, 1.54) is 0 Å². The Kier molecular flexibility index (Phi) is 5.30. The first-order chi connectivity index (χ1) is 13.8. The van der Waals surface area contributed by atoms with Crippen LogP contribution >= 0.6 is 0 Å². The van der Waals surface area contributed by atoms with Crippen LogP contribution in [0.15, 0.2) is 48.5 Å². The Labute approximate surface area is 162 Å². The molecule has 0 saturated carbocycles. The van der Waals surface area contributed by atoms with Gasteiger partial charge in [-0.05, 0) is 35.4 Å². The first kappa shape index (κ1) is 21.7. The van der Waals surface area contributed by atoms with E-state index in [-0.39, 0.29) is 0 Å². The molecule has 0 atom stereocenters. The lowest BCUT2D eigenvalue weighted by molar-refractivity contribution is -0.138. The SMILES string of the molecule is Fc1c(F)c(-c2ccc(C(F)(F)F)cc2)c(F)c(F)c1-c1ccc(C(F)(F)F)cc1. The van der Waals surface area contributed by atoms with E-state index in [0.717, 1.165) is 0 Å². The second-order valence-electron chi connectivity index (χ2n) is 6.16. The zero-order valence-electron chi connectivity index (χ0n) is 14.4. The van der Waals surface area contributed by atoms with Crippen LogP contribution in [0, 0.1) is 23.3 Å². The molecule has 0 N–H and O–H groups in total. The smallest absolute Gasteiger partial charge is 0.203 e. The number of hydrogen-bond donors (Lipinski definition) is 0. The van der Waals surface area contributed by atoms with Gasteiger partial charge in [0, 0.05) is 0 Å². The summed E-state index contributed by atoms with van der Waals surface area (Å²) in [6.07, 6.45) is -9.48. The zero-order chi connectivity index (χ0) is 22.4. The summed E-state index contributed by atoms with van der Waals surface area (Å²) >= 11 is 0. The number of rotatable bonds is 2. The molecule has 0 amide bonds. The average Bonchev–Trinajstić information content (AvgIpc) is 2.66. The molecule has 30 heavy (non-hydrogen) atoms. The molecule has 3 aromatic rings. The number of halogens is 10. The first-order valence-electron chi connectivity index (χ1n) is 8.03. The van der Waals surface area contributed by atoms with Crippen LogP contribution in [-0.4, -0.2) is 0 Å². The van der Waals surface area contributed by atoms with Gasteiger partial charge in [0.1, 0.15) is 0 Å². The van der Waals surface area contributed by atoms with Gasteiger partial charge in [0.2, 0.25) is 0 Å². The summed E-state index contributed by atoms with van der Waals surface area (Å²) < 4.78 is 134. The summed E-state index contributed by atoms with van der Waals surface area (Å²) in [7, 11) is 0. The predicted octanol–water partition coefficient (Wildman–Crippen LogP) is 7.61. The van der Waals surface area contributed by atoms with Gasteiger partial charge >= 0.3 is 12.4 Å². The normalized spacial score (nSPS) is 12.3. The van der Waals surface area contributed by atoms with Crippen molar-refractivity contribution in [1.82, 2.24) is 0 Å². The molecule has 10 heteroatoms. The molecular formula is C20H8F10. The minimum Gasteiger partial charge on any atom is -0.203 e. The molecule has 3 rings (SSSR count). The fourth-order valence-corrected chi connectivity index (χ4v) is 2.79. The zero-order valence-corrected chi connectivity index (χ0v) is 14.4. The molecule has 0 bridgehead atoms. The fourth-order valence-electron chi connectivity index (χ4n) is 2.79. The Hall–Kier alpha value is -3.04. The number of alkyl halides is 6. The first-order valence-corrected chi connectivity index (χ1v) is 8.03. The van der Waals surface area contributed by atoms with Gasteiger partial charge in [-0.3, -0.25) is 0 Å². The van der Waals surface area contributed by atoms with Crippen LogP contribution in [0.5, 0.6) is 0 Å². The Morgan fingerprint density at radius 1 is 0.400 bits per heavy atom. The third kappa shape index (κ3) is 3.86. The van der Waals surface area contributed by atoms with E-state index in [1.54, 1.807) is 0 Å². The van der Waals surface area contributed by atoms with E-state index in [0.29, 0.717) is 48.5 Å². The minimum atomic E-state index is -4.74. The highest BCUT2D eigenvalue weighted by Gasteiger charge is 2.32. The Balaban J connectivity index is 2.13. The molecule has 3 aromatic carbocycles. The standard InChI is InChI=1S/C20H8F10/c21-15-13(9-1-5-11(6-2-9)19(25,26)27)16(22)18(24)14(17(15)23)10-3-7-12(8-4-10)20(28,29)30/h1-8H. The maximum absolute atomic E-state index is 14.5. The summed E-state index contributed by atoms with van der Waals surface area (Å²) in [6, 6.07) is 4.48. The quantitative estimate of drug-likeness (QED) is 0.285. The van der Waals surface area contributed by atoms with Crippen LogP contribution in [0.1, 0.15) is 11.1 Å². The largest absolute Gasteiger partial charge is 0.416 e. The molecule has 0 aliphatic heterocycles. The molecule has 0 fully saturated rings. The van der Waals surface area contributed by atoms with E-state index in [2.05, 4.69) is 0 Å². The van der Waals surface area contributed by atoms with Crippen molar-refractivity contribution in [2.45, 2.75) is 12.4 Å². The summed E-state index contributed by atoms with van der Waals surface area (Å²) in [5, 5.41) is 0. The lowest BCUT2D eigenvalue weighted by Crippen LogP contribution is -2.06. The maximum atomic E-state index is 14.5. The molecule has 0 spiro atoms. The lowest BCUT2D eigenvalue weighted by atomic mass is 9.96. The molecule has 0 heterocycles. The van der Waals surface area contributed by atoms with Crippen molar-refractivity contribution in [2.24, 2.45) is 0 Å². The molecule has 0 radical (unpaired) electrons. The molecule has 0 aliphatic carbocycles. The molecule has 158 valence electrons. The summed E-state index contributed by atoms with van der Waals surface area (Å²) in [5.74, 6) is -7.60. The summed E-state index contributed by atoms with van der Waals surface area (Å²) in [5.41, 5.74) is -5.89. The average molecular weight is 438 g/mol. The summed E-state index contributed by atoms with van der Waals surface area (Å²) in [4.78, 5) is 0. The van der Waals surface area contributed by atoms with Gasteiger partial charge in [0.25, 0.3) is 0 Å². The van der Waals surface area contributed by atoms with Gasteiger partial charge in [-0.2, -0.15) is 26.3 Å². The highest BCUT2D eigenvalue weighted by atomic mass is 19.4. The van der Waals surface area contributed by atoms with Gasteiger partial charge in [0.05, 0.1) is 22.3 Å². The number of hydrogen-bond acceptors (Lipinski definition) is 0. The van der Waals surface area contributed by atoms with Gasteiger partial charge in [-0.1, -0.05) is 24.3 Å². The van der Waals surface area contributed by atoms with Crippen LogP contribution in [0.3, 0.4) is 0 Å². The van der Waals surface area contributed by atoms with Crippen molar-refractivity contribution in [3.05, 3.63) is 82.9 Å². The maximum Gasteiger partial charge on any atom is 0.416 e. The van der Waals surface area contributed by atoms with Gasteiger partial charge in [0.15, 0.2) is 23.3 Å². The fraction of sp³-hybridized carbons (Fsp3) is 0.100. The Bertz CT molecular complexity index is 958. The van der Waals surface area contributed by atoms with E-state index in [1.807, 2.05) is 0 Å². The second kappa shape index (κ2) is 7.33. The Morgan fingerprint density at radius 3 is 0.833 bits per heavy atom. The predicted molar refractivity (Wildman–Crippen MR) is 87.2 cm³/mol. The monoisotopic (exact) mass is 438 g/mol. The van der Waals surface area contributed by atoms with Crippen LogP contribution < -0.4 is 0 Å². The molecular weight excluding hydrogens is 430 g/mol. The third-order valence-electron chi connectivity index (χ3n) is 4.27. The lowest BCUT2D eigenvalue weighted by Gasteiger charge is -2.14. The van der Waals surface area contributed by atoms with Crippen molar-refractivity contribution >= 4 is 0 Å². The second-order valence-corrected chi connectivity index (χ2v) is 6.16. The van der Waals surface area contributed by atoms with Crippen LogP contribution in [0.2, 0.25) is 0 Å². The van der Waals surface area contributed by atoms with Crippen LogP contribution in [0.4, 0.5) is 43.9 Å².